The van der Waals surface area contributed by atoms with E-state index >= 15 is 0 Å². The zero-order valence-electron chi connectivity index (χ0n) is 7.55. The number of epoxide rings is 1. The molecule has 0 aromatic heterocycles. The van der Waals surface area contributed by atoms with Crippen molar-refractivity contribution < 1.29 is 14.3 Å². The first-order valence-corrected chi connectivity index (χ1v) is 5.18. The SMILES string of the molecule is O=C1C=CC(=O)[C@@H]2[C@H]3C[C@@H]([C@H]4O[C@@H]34)[C@@H]12. The van der Waals surface area contributed by atoms with Crippen LogP contribution in [0.15, 0.2) is 12.2 Å². The lowest BCUT2D eigenvalue weighted by molar-refractivity contribution is -0.130. The molecular weight excluding hydrogens is 180 g/mol. The topological polar surface area (TPSA) is 46.7 Å². The van der Waals surface area contributed by atoms with Gasteiger partial charge in [0, 0.05) is 11.8 Å². The van der Waals surface area contributed by atoms with E-state index in [2.05, 4.69) is 0 Å². The van der Waals surface area contributed by atoms with Crippen molar-refractivity contribution in [1.82, 2.24) is 0 Å². The molecule has 0 N–H and O–H groups in total. The highest BCUT2D eigenvalue weighted by Gasteiger charge is 2.70. The summed E-state index contributed by atoms with van der Waals surface area (Å²) in [6, 6.07) is 0. The molecule has 0 aromatic carbocycles. The summed E-state index contributed by atoms with van der Waals surface area (Å²) < 4.78 is 5.50. The van der Waals surface area contributed by atoms with E-state index in [0.717, 1.165) is 6.42 Å². The van der Waals surface area contributed by atoms with E-state index in [0.29, 0.717) is 24.0 Å². The second-order valence-electron chi connectivity index (χ2n) is 4.82. The van der Waals surface area contributed by atoms with Crippen LogP contribution in [-0.2, 0) is 14.3 Å². The molecule has 1 aliphatic heterocycles. The maximum atomic E-state index is 11.7. The third-order valence-corrected chi connectivity index (χ3v) is 4.33. The van der Waals surface area contributed by atoms with Crippen LogP contribution < -0.4 is 0 Å². The first kappa shape index (κ1) is 7.35. The zero-order chi connectivity index (χ0) is 9.45. The van der Waals surface area contributed by atoms with Gasteiger partial charge in [0.15, 0.2) is 11.6 Å². The van der Waals surface area contributed by atoms with Crippen LogP contribution in [0.1, 0.15) is 6.42 Å². The van der Waals surface area contributed by atoms with E-state index in [4.69, 9.17) is 4.74 Å². The Morgan fingerprint density at radius 1 is 1.00 bits per heavy atom. The van der Waals surface area contributed by atoms with Crippen LogP contribution in [0.5, 0.6) is 0 Å². The van der Waals surface area contributed by atoms with Crippen LogP contribution in [0.4, 0.5) is 0 Å². The Kier molecular flexibility index (Phi) is 1.05. The van der Waals surface area contributed by atoms with Gasteiger partial charge in [0.1, 0.15) is 0 Å². The molecule has 72 valence electrons. The molecule has 2 saturated carbocycles. The number of carbonyl (C=O) groups is 2. The molecule has 0 aromatic rings. The van der Waals surface area contributed by atoms with Gasteiger partial charge in [-0.05, 0) is 30.4 Å². The molecule has 1 saturated heterocycles. The van der Waals surface area contributed by atoms with Crippen molar-refractivity contribution in [2.45, 2.75) is 18.6 Å². The van der Waals surface area contributed by atoms with Crippen LogP contribution in [-0.4, -0.2) is 23.8 Å². The summed E-state index contributed by atoms with van der Waals surface area (Å²) in [5.74, 6) is 0.905. The molecule has 3 fully saturated rings. The number of hydrogen-bond donors (Lipinski definition) is 0. The second kappa shape index (κ2) is 2.01. The lowest BCUT2D eigenvalue weighted by Gasteiger charge is -2.27. The van der Waals surface area contributed by atoms with E-state index in [9.17, 15) is 9.59 Å². The fourth-order valence-corrected chi connectivity index (χ4v) is 3.80. The van der Waals surface area contributed by atoms with Gasteiger partial charge in [0.2, 0.25) is 0 Å². The second-order valence-corrected chi connectivity index (χ2v) is 4.82. The smallest absolute Gasteiger partial charge is 0.160 e. The van der Waals surface area contributed by atoms with E-state index in [-0.39, 0.29) is 23.4 Å². The lowest BCUT2D eigenvalue weighted by atomic mass is 9.72. The number of ether oxygens (including phenoxy) is 1. The fraction of sp³-hybridized carbons (Fsp3) is 0.636. The number of fused-ring (bicyclic) bond motifs is 8. The van der Waals surface area contributed by atoms with Crippen LogP contribution >= 0.6 is 0 Å². The average molecular weight is 190 g/mol. The van der Waals surface area contributed by atoms with E-state index in [1.807, 2.05) is 0 Å². The average Bonchev–Trinajstić information content (AvgIpc) is 2.79. The van der Waals surface area contributed by atoms with Crippen LogP contribution in [0, 0.1) is 23.7 Å². The van der Waals surface area contributed by atoms with Crippen molar-refractivity contribution in [3.8, 4) is 0 Å². The number of carbonyl (C=O) groups excluding carboxylic acids is 2. The zero-order valence-corrected chi connectivity index (χ0v) is 7.55. The minimum absolute atomic E-state index is 0.0405. The molecule has 6 atom stereocenters. The first-order valence-electron chi connectivity index (χ1n) is 5.18. The van der Waals surface area contributed by atoms with Gasteiger partial charge >= 0.3 is 0 Å². The largest absolute Gasteiger partial charge is 0.369 e. The molecule has 0 amide bonds. The summed E-state index contributed by atoms with van der Waals surface area (Å²) in [6.07, 6.45) is 4.57. The molecule has 4 rings (SSSR count). The van der Waals surface area contributed by atoms with Crippen molar-refractivity contribution in [1.29, 1.82) is 0 Å². The van der Waals surface area contributed by atoms with Gasteiger partial charge in [-0.15, -0.1) is 0 Å². The van der Waals surface area contributed by atoms with Crippen molar-refractivity contribution in [3.63, 3.8) is 0 Å². The summed E-state index contributed by atoms with van der Waals surface area (Å²) in [4.78, 5) is 23.4. The standard InChI is InChI=1S/C11H10O3/c12-6-1-2-7(13)9-5-3-4(8(6)9)10-11(5)14-10/h1-2,4-5,8-11H,3H2/t4-,5-,8+,9+,10-,11+/m1/s1. The summed E-state index contributed by atoms with van der Waals surface area (Å²) in [6.45, 7) is 0. The minimum atomic E-state index is -0.0405. The predicted octanol–water partition coefficient (Wildman–Crippen LogP) is 0.344. The molecular formula is C11H10O3. The van der Waals surface area contributed by atoms with Gasteiger partial charge in [0.25, 0.3) is 0 Å². The van der Waals surface area contributed by atoms with Gasteiger partial charge in [-0.3, -0.25) is 9.59 Å². The monoisotopic (exact) mass is 190 g/mol. The highest BCUT2D eigenvalue weighted by Crippen LogP contribution is 2.62. The molecule has 0 spiro atoms. The summed E-state index contributed by atoms with van der Waals surface area (Å²) in [5, 5.41) is 0. The van der Waals surface area contributed by atoms with E-state index in [1.54, 1.807) is 0 Å². The molecule has 0 radical (unpaired) electrons. The summed E-state index contributed by atoms with van der Waals surface area (Å²) in [7, 11) is 0. The highest BCUT2D eigenvalue weighted by atomic mass is 16.6. The van der Waals surface area contributed by atoms with Gasteiger partial charge in [-0.2, -0.15) is 0 Å². The molecule has 0 unspecified atom stereocenters. The first-order chi connectivity index (χ1) is 6.77. The number of rotatable bonds is 0. The number of ketones is 2. The quantitative estimate of drug-likeness (QED) is 0.517. The Morgan fingerprint density at radius 2 is 1.50 bits per heavy atom. The van der Waals surface area contributed by atoms with Crippen molar-refractivity contribution in [2.75, 3.05) is 0 Å². The Bertz CT molecular complexity index is 350. The van der Waals surface area contributed by atoms with Gasteiger partial charge in [-0.1, -0.05) is 0 Å². The predicted molar refractivity (Wildman–Crippen MR) is 46.4 cm³/mol. The third-order valence-electron chi connectivity index (χ3n) is 4.33. The maximum Gasteiger partial charge on any atom is 0.160 e. The third kappa shape index (κ3) is 0.630. The van der Waals surface area contributed by atoms with Gasteiger partial charge in [-0.25, -0.2) is 0 Å². The van der Waals surface area contributed by atoms with Crippen molar-refractivity contribution >= 4 is 11.6 Å². The molecule has 14 heavy (non-hydrogen) atoms. The molecule has 2 bridgehead atoms. The van der Waals surface area contributed by atoms with Crippen LogP contribution in [0.2, 0.25) is 0 Å². The normalized spacial score (nSPS) is 57.4. The van der Waals surface area contributed by atoms with Crippen LogP contribution in [0.25, 0.3) is 0 Å². The van der Waals surface area contributed by atoms with E-state index in [1.165, 1.54) is 12.2 Å². The minimum Gasteiger partial charge on any atom is -0.369 e. The summed E-state index contributed by atoms with van der Waals surface area (Å²) in [5.41, 5.74) is 0. The molecule has 4 aliphatic rings. The molecule has 3 aliphatic carbocycles. The highest BCUT2D eigenvalue weighted by molar-refractivity contribution is 6.08. The summed E-state index contributed by atoms with van der Waals surface area (Å²) >= 11 is 0. The van der Waals surface area contributed by atoms with E-state index < -0.39 is 0 Å². The maximum absolute atomic E-state index is 11.7. The molecule has 1 heterocycles. The number of allylic oxidation sites excluding steroid dienone is 2. The molecule has 3 heteroatoms. The Balaban J connectivity index is 1.84. The Labute approximate surface area is 81.1 Å². The van der Waals surface area contributed by atoms with Crippen LogP contribution in [0.3, 0.4) is 0 Å². The van der Waals surface area contributed by atoms with Crippen molar-refractivity contribution in [2.24, 2.45) is 23.7 Å². The Hall–Kier alpha value is -0.960. The van der Waals surface area contributed by atoms with Gasteiger partial charge in [0.05, 0.1) is 12.2 Å². The van der Waals surface area contributed by atoms with Crippen molar-refractivity contribution in [3.05, 3.63) is 12.2 Å². The fourth-order valence-electron chi connectivity index (χ4n) is 3.80. The van der Waals surface area contributed by atoms with Gasteiger partial charge < -0.3 is 4.74 Å². The lowest BCUT2D eigenvalue weighted by Crippen LogP contribution is -2.39. The number of hydrogen-bond acceptors (Lipinski definition) is 3. The Morgan fingerprint density at radius 3 is 2.00 bits per heavy atom. The molecule has 3 nitrogen and oxygen atoms in total.